The van der Waals surface area contributed by atoms with Gasteiger partial charge in [0, 0.05) is 36.7 Å². The van der Waals surface area contributed by atoms with Gasteiger partial charge < -0.3 is 16.0 Å². The quantitative estimate of drug-likeness (QED) is 0.254. The molecule has 48 heavy (non-hydrogen) atoms. The summed E-state index contributed by atoms with van der Waals surface area (Å²) in [5, 5.41) is 12.3. The van der Waals surface area contributed by atoms with E-state index >= 15 is 0 Å². The summed E-state index contributed by atoms with van der Waals surface area (Å²) in [7, 11) is 0. The van der Waals surface area contributed by atoms with Gasteiger partial charge in [0.2, 0.25) is 0 Å². The summed E-state index contributed by atoms with van der Waals surface area (Å²) in [4.78, 5) is 39.7. The van der Waals surface area contributed by atoms with Crippen molar-refractivity contribution in [2.24, 2.45) is 5.73 Å². The molecule has 5 heterocycles. The van der Waals surface area contributed by atoms with Gasteiger partial charge >= 0.3 is 0 Å². The predicted molar refractivity (Wildman–Crippen MR) is 183 cm³/mol. The van der Waals surface area contributed by atoms with E-state index in [1.54, 1.807) is 53.7 Å². The summed E-state index contributed by atoms with van der Waals surface area (Å²) in [5.41, 5.74) is 9.56. The second-order valence-electron chi connectivity index (χ2n) is 12.1. The predicted octanol–water partition coefficient (Wildman–Crippen LogP) is 3.25. The Morgan fingerprint density at radius 1 is 1.06 bits per heavy atom. The lowest BCUT2D eigenvalue weighted by Gasteiger charge is -2.29. The third-order valence-corrected chi connectivity index (χ3v) is 8.72. The molecular weight excluding hydrogens is 604 g/mol. The molecule has 1 amide bonds. The maximum atomic E-state index is 14.4. The average Bonchev–Trinajstić information content (AvgIpc) is 3.70. The number of nitrogens with one attached hydrogen (secondary N) is 1. The lowest BCUT2D eigenvalue weighted by Crippen LogP contribution is -2.40. The molecule has 1 atom stereocenters. The molecule has 6 aromatic rings. The number of carbonyl (C=O) groups is 1. The number of amides is 1. The van der Waals surface area contributed by atoms with E-state index in [0.29, 0.717) is 50.9 Å². The Hall–Kier alpha value is -5.64. The van der Waals surface area contributed by atoms with Gasteiger partial charge in [0.05, 0.1) is 46.6 Å². The molecule has 0 bridgehead atoms. The van der Waals surface area contributed by atoms with Crippen LogP contribution in [0.25, 0.3) is 22.2 Å². The number of carbonyl (C=O) groups excluding carboxylic acids is 1. The topological polar surface area (TPSA) is 141 Å². The van der Waals surface area contributed by atoms with Gasteiger partial charge in [-0.3, -0.25) is 18.8 Å². The van der Waals surface area contributed by atoms with Crippen molar-refractivity contribution in [2.75, 3.05) is 19.6 Å². The van der Waals surface area contributed by atoms with Crippen LogP contribution in [0, 0.1) is 18.8 Å². The lowest BCUT2D eigenvalue weighted by molar-refractivity contribution is 0.0938. The van der Waals surface area contributed by atoms with Gasteiger partial charge in [0.25, 0.3) is 11.5 Å². The first kappa shape index (κ1) is 31.0. The molecule has 242 valence electrons. The van der Waals surface area contributed by atoms with E-state index in [9.17, 15) is 9.59 Å². The fraction of sp³-hybridized carbons (Fsp3) is 0.278. The number of aromatic nitrogens is 7. The van der Waals surface area contributed by atoms with Crippen LogP contribution in [0.1, 0.15) is 58.8 Å². The maximum absolute atomic E-state index is 14.4. The molecule has 0 aliphatic carbocycles. The van der Waals surface area contributed by atoms with Crippen molar-refractivity contribution in [3.63, 3.8) is 0 Å². The van der Waals surface area contributed by atoms with E-state index in [2.05, 4.69) is 37.2 Å². The normalized spacial score (nSPS) is 14.6. The number of piperidine rings is 1. The highest BCUT2D eigenvalue weighted by Gasteiger charge is 2.24. The number of hydrogen-bond donors (Lipinski definition) is 2. The van der Waals surface area contributed by atoms with Crippen molar-refractivity contribution in [3.05, 3.63) is 118 Å². The molecule has 0 radical (unpaired) electrons. The number of likely N-dealkylation sites (tertiary alicyclic amines) is 1. The van der Waals surface area contributed by atoms with Crippen LogP contribution in [0.15, 0.2) is 84.2 Å². The number of nitrogens with zero attached hydrogens (tertiary/aromatic N) is 8. The zero-order valence-electron chi connectivity index (χ0n) is 26.9. The monoisotopic (exact) mass is 640 g/mol. The molecule has 1 saturated heterocycles. The summed E-state index contributed by atoms with van der Waals surface area (Å²) in [6.07, 6.45) is 9.09. The van der Waals surface area contributed by atoms with Gasteiger partial charge in [-0.25, -0.2) is 14.5 Å². The van der Waals surface area contributed by atoms with Crippen molar-refractivity contribution in [3.8, 4) is 17.5 Å². The van der Waals surface area contributed by atoms with Crippen LogP contribution in [-0.4, -0.2) is 70.4 Å². The Balaban J connectivity index is 1.20. The maximum Gasteiger partial charge on any atom is 0.267 e. The fourth-order valence-electron chi connectivity index (χ4n) is 6.17. The molecule has 0 spiro atoms. The molecule has 7 rings (SSSR count). The number of para-hydroxylation sites is 1. The highest BCUT2D eigenvalue weighted by molar-refractivity contribution is 6.01. The molecule has 3 N–H and O–H groups in total. The molecule has 0 saturated carbocycles. The van der Waals surface area contributed by atoms with E-state index in [1.807, 2.05) is 53.3 Å². The molecular formula is C36H36N10O2. The van der Waals surface area contributed by atoms with Crippen LogP contribution in [0.2, 0.25) is 0 Å². The first-order valence-corrected chi connectivity index (χ1v) is 16.1. The highest BCUT2D eigenvalue weighted by Crippen LogP contribution is 2.22. The Morgan fingerprint density at radius 2 is 1.88 bits per heavy atom. The van der Waals surface area contributed by atoms with Gasteiger partial charge in [-0.1, -0.05) is 36.1 Å². The van der Waals surface area contributed by atoms with Crippen molar-refractivity contribution in [2.45, 2.75) is 45.3 Å². The second-order valence-corrected chi connectivity index (χ2v) is 12.1. The first-order valence-electron chi connectivity index (χ1n) is 16.1. The summed E-state index contributed by atoms with van der Waals surface area (Å²) in [6, 6.07) is 16.1. The standard InChI is InChI=1S/C36H36N10O2/c1-24-31(34-38-16-7-17-45(34)42-24)35(47)40-25(2)33-41-30-11-6-8-27(32(30)36(48)46(33)29-9-4-3-5-10-29)13-12-26-22-39-44(23-26)21-20-43-18-14-28(37)15-19-43/h3-11,16-17,22-23,25,28H,14-15,18-21,37H2,1-2H3,(H,40,47). The van der Waals surface area contributed by atoms with Gasteiger partial charge in [-0.15, -0.1) is 0 Å². The van der Waals surface area contributed by atoms with Crippen molar-refractivity contribution in [1.29, 1.82) is 0 Å². The van der Waals surface area contributed by atoms with Gasteiger partial charge in [-0.05, 0) is 70.1 Å². The third kappa shape index (κ3) is 6.21. The fourth-order valence-corrected chi connectivity index (χ4v) is 6.17. The van der Waals surface area contributed by atoms with Crippen molar-refractivity contribution >= 4 is 22.5 Å². The Morgan fingerprint density at radius 3 is 2.69 bits per heavy atom. The summed E-state index contributed by atoms with van der Waals surface area (Å²) >= 11 is 0. The van der Waals surface area contributed by atoms with Crippen LogP contribution in [0.3, 0.4) is 0 Å². The number of aryl methyl sites for hydroxylation is 1. The van der Waals surface area contributed by atoms with Crippen LogP contribution < -0.4 is 16.6 Å². The number of nitrogens with two attached hydrogens (primary N) is 1. The van der Waals surface area contributed by atoms with Crippen LogP contribution in [0.5, 0.6) is 0 Å². The third-order valence-electron chi connectivity index (χ3n) is 8.72. The van der Waals surface area contributed by atoms with Crippen molar-refractivity contribution < 1.29 is 4.79 Å². The zero-order valence-corrected chi connectivity index (χ0v) is 26.9. The Kier molecular flexibility index (Phi) is 8.54. The average molecular weight is 641 g/mol. The molecule has 12 nitrogen and oxygen atoms in total. The minimum absolute atomic E-state index is 0.280. The number of benzene rings is 2. The van der Waals surface area contributed by atoms with E-state index < -0.39 is 6.04 Å². The number of rotatable bonds is 7. The van der Waals surface area contributed by atoms with Gasteiger partial charge in [0.1, 0.15) is 11.4 Å². The summed E-state index contributed by atoms with van der Waals surface area (Å²) in [5.74, 6) is 6.42. The minimum atomic E-state index is -0.643. The van der Waals surface area contributed by atoms with Crippen molar-refractivity contribution in [1.82, 2.24) is 44.1 Å². The Labute approximate surface area is 277 Å². The Bertz CT molecular complexity index is 2230. The lowest BCUT2D eigenvalue weighted by atomic mass is 10.1. The van der Waals surface area contributed by atoms with E-state index in [4.69, 9.17) is 10.7 Å². The van der Waals surface area contributed by atoms with E-state index in [1.165, 1.54) is 0 Å². The number of fused-ring (bicyclic) bond motifs is 2. The summed E-state index contributed by atoms with van der Waals surface area (Å²) < 4.78 is 5.02. The molecule has 1 aliphatic rings. The molecule has 4 aromatic heterocycles. The van der Waals surface area contributed by atoms with Crippen LogP contribution in [0.4, 0.5) is 0 Å². The van der Waals surface area contributed by atoms with E-state index in [-0.39, 0.29) is 11.5 Å². The SMILES string of the molecule is Cc1nn2cccnc2c1C(=O)NC(C)c1nc2cccc(C#Cc3cnn(CCN4CCC(N)CC4)c3)c2c(=O)n1-c1ccccc1. The largest absolute Gasteiger partial charge is 0.342 e. The second kappa shape index (κ2) is 13.2. The van der Waals surface area contributed by atoms with Crippen LogP contribution >= 0.6 is 0 Å². The zero-order chi connectivity index (χ0) is 33.2. The minimum Gasteiger partial charge on any atom is -0.342 e. The van der Waals surface area contributed by atoms with E-state index in [0.717, 1.165) is 44.6 Å². The smallest absolute Gasteiger partial charge is 0.267 e. The van der Waals surface area contributed by atoms with Crippen LogP contribution in [-0.2, 0) is 6.54 Å². The molecule has 1 aliphatic heterocycles. The summed E-state index contributed by atoms with van der Waals surface area (Å²) in [6.45, 7) is 7.27. The molecule has 1 fully saturated rings. The highest BCUT2D eigenvalue weighted by atomic mass is 16.2. The molecule has 2 aromatic carbocycles. The molecule has 12 heteroatoms. The van der Waals surface area contributed by atoms with Gasteiger partial charge in [-0.2, -0.15) is 10.2 Å². The molecule has 1 unspecified atom stereocenters. The van der Waals surface area contributed by atoms with Gasteiger partial charge in [0.15, 0.2) is 5.65 Å². The number of hydrogen-bond acceptors (Lipinski definition) is 8. The first-order chi connectivity index (χ1) is 23.4.